The van der Waals surface area contributed by atoms with Gasteiger partial charge in [-0.1, -0.05) is 34.6 Å². The molecule has 1 unspecified atom stereocenters. The predicted molar refractivity (Wildman–Crippen MR) is 79.1 cm³/mol. The maximum atomic E-state index is 11.9. The highest BCUT2D eigenvalue weighted by molar-refractivity contribution is 6.06. The molecule has 1 saturated carbocycles. The van der Waals surface area contributed by atoms with E-state index in [-0.39, 0.29) is 11.9 Å². The molecule has 3 nitrogen and oxygen atoms in total. The Labute approximate surface area is 117 Å². The second-order valence-electron chi connectivity index (χ2n) is 7.61. The van der Waals surface area contributed by atoms with Gasteiger partial charge in [0.1, 0.15) is 11.9 Å². The van der Waals surface area contributed by atoms with Crippen molar-refractivity contribution in [1.82, 2.24) is 5.32 Å². The number of aliphatic imine (C=N–C) groups is 1. The van der Waals surface area contributed by atoms with E-state index < -0.39 is 0 Å². The summed E-state index contributed by atoms with van der Waals surface area (Å²) in [6.45, 7) is 11.1. The fourth-order valence-electron chi connectivity index (χ4n) is 3.33. The molecule has 3 heteroatoms. The summed E-state index contributed by atoms with van der Waals surface area (Å²) in [6.07, 6.45) is 4.86. The SMILES string of the molecule is CC(C)C1N=C(C2CCC(C(C)(C)C)CC2)NC1=O. The molecule has 2 rings (SSSR count). The van der Waals surface area contributed by atoms with E-state index in [9.17, 15) is 4.79 Å². The first-order valence-corrected chi connectivity index (χ1v) is 7.67. The quantitative estimate of drug-likeness (QED) is 0.816. The van der Waals surface area contributed by atoms with Gasteiger partial charge < -0.3 is 5.32 Å². The van der Waals surface area contributed by atoms with E-state index in [0.29, 0.717) is 17.3 Å². The van der Waals surface area contributed by atoms with Gasteiger partial charge in [0.15, 0.2) is 0 Å². The van der Waals surface area contributed by atoms with Crippen LogP contribution in [-0.4, -0.2) is 17.8 Å². The Hall–Kier alpha value is -0.860. The molecule has 1 fully saturated rings. The predicted octanol–water partition coefficient (Wildman–Crippen LogP) is 3.39. The van der Waals surface area contributed by atoms with Gasteiger partial charge in [0.25, 0.3) is 0 Å². The summed E-state index contributed by atoms with van der Waals surface area (Å²) in [5.41, 5.74) is 0.409. The summed E-state index contributed by atoms with van der Waals surface area (Å²) >= 11 is 0. The highest BCUT2D eigenvalue weighted by Crippen LogP contribution is 2.40. The normalized spacial score (nSPS) is 32.4. The van der Waals surface area contributed by atoms with Crippen LogP contribution >= 0.6 is 0 Å². The van der Waals surface area contributed by atoms with Crippen molar-refractivity contribution >= 4 is 11.7 Å². The molecule has 0 aromatic carbocycles. The molecule has 1 N–H and O–H groups in total. The van der Waals surface area contributed by atoms with Gasteiger partial charge in [0, 0.05) is 5.92 Å². The standard InChI is InChI=1S/C16H28N2O/c1-10(2)13-15(19)18-14(17-13)11-6-8-12(9-7-11)16(3,4)5/h10-13H,6-9H2,1-5H3,(H,17,18,19). The smallest absolute Gasteiger partial charge is 0.250 e. The summed E-state index contributed by atoms with van der Waals surface area (Å²) in [4.78, 5) is 16.5. The van der Waals surface area contributed by atoms with Crippen LogP contribution < -0.4 is 5.32 Å². The van der Waals surface area contributed by atoms with Crippen LogP contribution in [0.1, 0.15) is 60.3 Å². The third-order valence-electron chi connectivity index (χ3n) is 4.77. The van der Waals surface area contributed by atoms with Gasteiger partial charge >= 0.3 is 0 Å². The maximum absolute atomic E-state index is 11.9. The monoisotopic (exact) mass is 264 g/mol. The van der Waals surface area contributed by atoms with E-state index >= 15 is 0 Å². The summed E-state index contributed by atoms with van der Waals surface area (Å²) in [5, 5.41) is 3.02. The summed E-state index contributed by atoms with van der Waals surface area (Å²) in [5.74, 6) is 2.65. The molecule has 2 aliphatic rings. The molecule has 1 heterocycles. The van der Waals surface area contributed by atoms with Crippen LogP contribution in [0.4, 0.5) is 0 Å². The van der Waals surface area contributed by atoms with Crippen LogP contribution in [-0.2, 0) is 4.79 Å². The fraction of sp³-hybridized carbons (Fsp3) is 0.875. The first kappa shape index (κ1) is 14.5. The second kappa shape index (κ2) is 5.26. The van der Waals surface area contributed by atoms with E-state index in [1.165, 1.54) is 25.7 Å². The van der Waals surface area contributed by atoms with Crippen LogP contribution in [0.25, 0.3) is 0 Å². The third-order valence-corrected chi connectivity index (χ3v) is 4.77. The number of nitrogens with one attached hydrogen (secondary N) is 1. The molecule has 0 bridgehead atoms. The minimum absolute atomic E-state index is 0.0999. The van der Waals surface area contributed by atoms with Crippen molar-refractivity contribution in [2.24, 2.45) is 28.2 Å². The number of hydrogen-bond acceptors (Lipinski definition) is 2. The molecular weight excluding hydrogens is 236 g/mol. The number of carbonyl (C=O) groups is 1. The lowest BCUT2D eigenvalue weighted by Crippen LogP contribution is -2.36. The Bertz CT molecular complexity index is 371. The summed E-state index contributed by atoms with van der Waals surface area (Å²) < 4.78 is 0. The van der Waals surface area contributed by atoms with Crippen molar-refractivity contribution in [3.8, 4) is 0 Å². The fourth-order valence-corrected chi connectivity index (χ4v) is 3.33. The van der Waals surface area contributed by atoms with Gasteiger partial charge in [0.2, 0.25) is 5.91 Å². The molecule has 19 heavy (non-hydrogen) atoms. The zero-order chi connectivity index (χ0) is 14.2. The Balaban J connectivity index is 1.96. The summed E-state index contributed by atoms with van der Waals surface area (Å²) in [7, 11) is 0. The molecule has 0 aromatic heterocycles. The molecule has 1 aliphatic heterocycles. The van der Waals surface area contributed by atoms with Gasteiger partial charge in [-0.15, -0.1) is 0 Å². The highest BCUT2D eigenvalue weighted by Gasteiger charge is 2.36. The lowest BCUT2D eigenvalue weighted by Gasteiger charge is -2.36. The van der Waals surface area contributed by atoms with Gasteiger partial charge in [-0.05, 0) is 42.9 Å². The van der Waals surface area contributed by atoms with E-state index in [1.807, 2.05) is 0 Å². The zero-order valence-corrected chi connectivity index (χ0v) is 13.0. The van der Waals surface area contributed by atoms with Crippen molar-refractivity contribution in [1.29, 1.82) is 0 Å². The van der Waals surface area contributed by atoms with Crippen LogP contribution in [0.5, 0.6) is 0 Å². The Morgan fingerprint density at radius 2 is 1.74 bits per heavy atom. The van der Waals surface area contributed by atoms with Crippen LogP contribution in [0.2, 0.25) is 0 Å². The average molecular weight is 264 g/mol. The van der Waals surface area contributed by atoms with Crippen LogP contribution in [0.15, 0.2) is 4.99 Å². The van der Waals surface area contributed by atoms with Gasteiger partial charge in [0.05, 0.1) is 0 Å². The average Bonchev–Trinajstić information content (AvgIpc) is 2.70. The number of rotatable bonds is 2. The largest absolute Gasteiger partial charge is 0.312 e. The molecule has 0 radical (unpaired) electrons. The van der Waals surface area contributed by atoms with Gasteiger partial charge in [-0.2, -0.15) is 0 Å². The molecule has 0 spiro atoms. The number of nitrogens with zero attached hydrogens (tertiary/aromatic N) is 1. The number of amidine groups is 1. The molecular formula is C16H28N2O. The van der Waals surface area contributed by atoms with Crippen LogP contribution in [0, 0.1) is 23.2 Å². The van der Waals surface area contributed by atoms with Crippen LogP contribution in [0.3, 0.4) is 0 Å². The van der Waals surface area contributed by atoms with Gasteiger partial charge in [-0.3, -0.25) is 9.79 Å². The van der Waals surface area contributed by atoms with E-state index in [0.717, 1.165) is 11.8 Å². The van der Waals surface area contributed by atoms with E-state index in [4.69, 9.17) is 0 Å². The van der Waals surface area contributed by atoms with Crippen molar-refractivity contribution in [2.45, 2.75) is 66.3 Å². The lowest BCUT2D eigenvalue weighted by atomic mass is 9.69. The Kier molecular flexibility index (Phi) is 4.03. The number of amides is 1. The van der Waals surface area contributed by atoms with Gasteiger partial charge in [-0.25, -0.2) is 0 Å². The molecule has 0 aromatic rings. The first-order valence-electron chi connectivity index (χ1n) is 7.67. The Morgan fingerprint density at radius 3 is 2.16 bits per heavy atom. The first-order chi connectivity index (χ1) is 8.79. The molecule has 1 aliphatic carbocycles. The molecule has 0 saturated heterocycles. The number of hydrogen-bond donors (Lipinski definition) is 1. The van der Waals surface area contributed by atoms with Crippen molar-refractivity contribution in [3.63, 3.8) is 0 Å². The molecule has 1 amide bonds. The highest BCUT2D eigenvalue weighted by atomic mass is 16.2. The topological polar surface area (TPSA) is 41.5 Å². The number of carbonyl (C=O) groups excluding carboxylic acids is 1. The molecule has 108 valence electrons. The minimum Gasteiger partial charge on any atom is -0.312 e. The van der Waals surface area contributed by atoms with Crippen molar-refractivity contribution in [3.05, 3.63) is 0 Å². The maximum Gasteiger partial charge on any atom is 0.250 e. The third kappa shape index (κ3) is 3.18. The lowest BCUT2D eigenvalue weighted by molar-refractivity contribution is -0.120. The summed E-state index contributed by atoms with van der Waals surface area (Å²) in [6, 6.07) is -0.157. The van der Waals surface area contributed by atoms with E-state index in [1.54, 1.807) is 0 Å². The van der Waals surface area contributed by atoms with E-state index in [2.05, 4.69) is 44.9 Å². The second-order valence-corrected chi connectivity index (χ2v) is 7.61. The zero-order valence-electron chi connectivity index (χ0n) is 13.0. The minimum atomic E-state index is -0.157. The van der Waals surface area contributed by atoms with Crippen molar-refractivity contribution < 1.29 is 4.79 Å². The molecule has 1 atom stereocenters. The Morgan fingerprint density at radius 1 is 1.16 bits per heavy atom. The van der Waals surface area contributed by atoms with Crippen molar-refractivity contribution in [2.75, 3.05) is 0 Å².